The van der Waals surface area contributed by atoms with Crippen molar-refractivity contribution in [2.45, 2.75) is 78.1 Å². The van der Waals surface area contributed by atoms with E-state index in [0.717, 1.165) is 55.3 Å². The first-order valence-corrected chi connectivity index (χ1v) is 25.0. The molecule has 2 aliphatic rings. The van der Waals surface area contributed by atoms with Crippen LogP contribution in [0.2, 0.25) is 0 Å². The molecule has 1 unspecified atom stereocenters. The number of β-amino-alcohol motifs (C(OH)–C–C–N with tert-alkyl or cyclic N) is 1. The van der Waals surface area contributed by atoms with Crippen molar-refractivity contribution in [1.29, 1.82) is 0 Å². The van der Waals surface area contributed by atoms with Gasteiger partial charge in [0.15, 0.2) is 0 Å². The Hall–Kier alpha value is -6.06. The molecule has 0 radical (unpaired) electrons. The minimum atomic E-state index is -0.986. The number of aromatic nitrogens is 1. The van der Waals surface area contributed by atoms with Gasteiger partial charge in [0.2, 0.25) is 23.6 Å². The van der Waals surface area contributed by atoms with Crippen molar-refractivity contribution < 1.29 is 34.1 Å². The zero-order chi connectivity index (χ0) is 49.1. The number of ether oxygens (including phenoxy) is 1. The lowest BCUT2D eigenvalue weighted by molar-refractivity contribution is -0.144. The Kier molecular flexibility index (Phi) is 17.3. The average molecular weight is 976 g/mol. The number of aryl methyl sites for hydroxylation is 1. The molecule has 2 aliphatic heterocycles. The lowest BCUT2D eigenvalue weighted by atomic mass is 9.85. The van der Waals surface area contributed by atoms with Crippen molar-refractivity contribution in [3.8, 4) is 21.9 Å². The maximum absolute atomic E-state index is 14.1. The van der Waals surface area contributed by atoms with Gasteiger partial charge < -0.3 is 35.4 Å². The van der Waals surface area contributed by atoms with E-state index in [1.165, 1.54) is 4.90 Å². The topological polar surface area (TPSA) is 165 Å². The molecule has 4 amide bonds. The number of rotatable bonds is 18. The Balaban J connectivity index is 0.858. The molecule has 364 valence electrons. The number of nitrogens with one attached hydrogen (secondary N) is 2. The Morgan fingerprint density at radius 2 is 1.52 bits per heavy atom. The minimum absolute atomic E-state index is 0.00335. The number of carbonyl (C=O) groups is 4. The van der Waals surface area contributed by atoms with E-state index < -0.39 is 35.4 Å². The van der Waals surface area contributed by atoms with Gasteiger partial charge in [-0.25, -0.2) is 4.98 Å². The highest BCUT2D eigenvalue weighted by atomic mass is 35.5. The van der Waals surface area contributed by atoms with E-state index >= 15 is 0 Å². The van der Waals surface area contributed by atoms with E-state index in [1.807, 2.05) is 112 Å². The highest BCUT2D eigenvalue weighted by Crippen LogP contribution is 2.36. The smallest absolute Gasteiger partial charge is 0.246 e. The van der Waals surface area contributed by atoms with Gasteiger partial charge in [-0.3, -0.25) is 24.1 Å². The van der Waals surface area contributed by atoms with Crippen molar-refractivity contribution in [1.82, 2.24) is 30.3 Å². The standard InChI is InChI=1S/C54H63ClN6O7S/c1-36-50(69-35-57-36)41-12-10-37(11-13-41)33-56-52(66)46-32-43(63)34-61(46)53(67)51(54(2,3)4)58-47(64)22-23-48(65)60-28-26-59(27-29-60)30-31-68-44-20-16-40(17-21-44)49(39-14-18-42(62)19-15-39)45(24-25-55)38-8-6-5-7-9-38/h5-21,35,43,46,51,62-63H,22-34H2,1-4H3,(H,56,66)(H,58,64)/t43-,46+,51?/m1/s1. The summed E-state index contributed by atoms with van der Waals surface area (Å²) in [4.78, 5) is 65.1. The number of aromatic hydroxyl groups is 1. The summed E-state index contributed by atoms with van der Waals surface area (Å²) in [6, 6.07) is 31.4. The van der Waals surface area contributed by atoms with Gasteiger partial charge in [-0.15, -0.1) is 22.9 Å². The number of hydrogen-bond donors (Lipinski definition) is 4. The number of likely N-dealkylation sites (tertiary alicyclic amines) is 1. The van der Waals surface area contributed by atoms with Gasteiger partial charge >= 0.3 is 0 Å². The first kappa shape index (κ1) is 50.8. The molecule has 69 heavy (non-hydrogen) atoms. The molecule has 2 saturated heterocycles. The molecule has 5 aromatic rings. The van der Waals surface area contributed by atoms with Crippen LogP contribution in [-0.4, -0.2) is 123 Å². The summed E-state index contributed by atoms with van der Waals surface area (Å²) in [5.41, 5.74) is 9.20. The number of aliphatic hydroxyl groups is 1. The van der Waals surface area contributed by atoms with Crippen LogP contribution in [0, 0.1) is 12.3 Å². The summed E-state index contributed by atoms with van der Waals surface area (Å²) in [6.45, 7) is 11.2. The third-order valence-electron chi connectivity index (χ3n) is 12.7. The molecule has 4 aromatic carbocycles. The third-order valence-corrected chi connectivity index (χ3v) is 13.9. The van der Waals surface area contributed by atoms with Crippen molar-refractivity contribution in [2.75, 3.05) is 51.8 Å². The fourth-order valence-corrected chi connectivity index (χ4v) is 9.91. The summed E-state index contributed by atoms with van der Waals surface area (Å²) in [6.07, 6.45) is -0.229. The van der Waals surface area contributed by atoms with E-state index in [9.17, 15) is 29.4 Å². The van der Waals surface area contributed by atoms with E-state index in [1.54, 1.807) is 28.4 Å². The first-order valence-electron chi connectivity index (χ1n) is 23.6. The van der Waals surface area contributed by atoms with Crippen molar-refractivity contribution in [2.24, 2.45) is 5.41 Å². The van der Waals surface area contributed by atoms with Crippen molar-refractivity contribution >= 4 is 57.7 Å². The molecular weight excluding hydrogens is 912 g/mol. The minimum Gasteiger partial charge on any atom is -0.508 e. The number of hydrogen-bond acceptors (Lipinski definition) is 10. The highest BCUT2D eigenvalue weighted by molar-refractivity contribution is 7.13. The summed E-state index contributed by atoms with van der Waals surface area (Å²) >= 11 is 7.89. The van der Waals surface area contributed by atoms with Crippen LogP contribution < -0.4 is 15.4 Å². The van der Waals surface area contributed by atoms with Gasteiger partial charge in [-0.05, 0) is 82.0 Å². The Labute approximate surface area is 414 Å². The SMILES string of the molecule is Cc1ncsc1-c1ccc(CNC(=O)[C@@H]2C[C@@H](O)CN2C(=O)C(NC(=O)CCC(=O)N2CCN(CCOc3ccc(C(=C(CCCl)c4ccccc4)c4ccc(O)cc4)cc3)CC2)C(C)(C)C)cc1. The Morgan fingerprint density at radius 1 is 0.855 bits per heavy atom. The molecule has 0 aliphatic carbocycles. The zero-order valence-electron chi connectivity index (χ0n) is 39.8. The monoisotopic (exact) mass is 974 g/mol. The molecular formula is C54H63ClN6O7S. The maximum atomic E-state index is 14.1. The molecule has 3 heterocycles. The number of nitrogens with zero attached hydrogens (tertiary/aromatic N) is 4. The van der Waals surface area contributed by atoms with E-state index in [-0.39, 0.29) is 49.9 Å². The van der Waals surface area contributed by atoms with E-state index in [2.05, 4.69) is 32.7 Å². The predicted octanol–water partition coefficient (Wildman–Crippen LogP) is 7.52. The lowest BCUT2D eigenvalue weighted by Crippen LogP contribution is -2.57. The molecule has 2 fully saturated rings. The summed E-state index contributed by atoms with van der Waals surface area (Å²) in [7, 11) is 0. The van der Waals surface area contributed by atoms with Gasteiger partial charge in [-0.2, -0.15) is 0 Å². The molecule has 13 nitrogen and oxygen atoms in total. The van der Waals surface area contributed by atoms with Crippen molar-refractivity contribution in [3.05, 3.63) is 137 Å². The van der Waals surface area contributed by atoms with Crippen LogP contribution in [0.3, 0.4) is 0 Å². The van der Waals surface area contributed by atoms with Crippen LogP contribution in [0.4, 0.5) is 0 Å². The number of phenols is 1. The Morgan fingerprint density at radius 3 is 2.14 bits per heavy atom. The molecule has 15 heteroatoms. The average Bonchev–Trinajstić information content (AvgIpc) is 3.97. The maximum Gasteiger partial charge on any atom is 0.246 e. The lowest BCUT2D eigenvalue weighted by Gasteiger charge is -2.36. The number of thiazole rings is 1. The van der Waals surface area contributed by atoms with Crippen molar-refractivity contribution in [3.63, 3.8) is 0 Å². The van der Waals surface area contributed by atoms with Crippen LogP contribution in [-0.2, 0) is 25.7 Å². The van der Waals surface area contributed by atoms with Crippen LogP contribution in [0.25, 0.3) is 21.6 Å². The molecule has 4 N–H and O–H groups in total. The second-order valence-electron chi connectivity index (χ2n) is 18.7. The van der Waals surface area contributed by atoms with Gasteiger partial charge in [0.1, 0.15) is 30.2 Å². The fourth-order valence-electron chi connectivity index (χ4n) is 8.91. The third kappa shape index (κ3) is 13.4. The van der Waals surface area contributed by atoms with Gasteiger partial charge in [-0.1, -0.05) is 99.6 Å². The number of piperazine rings is 1. The molecule has 0 saturated carbocycles. The molecule has 0 bridgehead atoms. The zero-order valence-corrected chi connectivity index (χ0v) is 41.4. The van der Waals surface area contributed by atoms with Crippen LogP contribution >= 0.6 is 22.9 Å². The van der Waals surface area contributed by atoms with Crippen LogP contribution in [0.5, 0.6) is 11.5 Å². The molecule has 1 aromatic heterocycles. The van der Waals surface area contributed by atoms with E-state index in [0.29, 0.717) is 51.6 Å². The molecule has 0 spiro atoms. The normalized spacial score (nSPS) is 17.2. The van der Waals surface area contributed by atoms with Gasteiger partial charge in [0.05, 0.1) is 22.2 Å². The summed E-state index contributed by atoms with van der Waals surface area (Å²) in [5, 5.41) is 26.4. The summed E-state index contributed by atoms with van der Waals surface area (Å²) < 4.78 is 6.17. The number of amides is 4. The molecule has 3 atom stereocenters. The highest BCUT2D eigenvalue weighted by Gasteiger charge is 2.44. The second-order valence-corrected chi connectivity index (χ2v) is 20.0. The first-order chi connectivity index (χ1) is 33.2. The quantitative estimate of drug-likeness (QED) is 0.0514. The number of allylic oxidation sites excluding steroid dienone is 1. The number of halogens is 1. The van der Waals surface area contributed by atoms with Crippen LogP contribution in [0.1, 0.15) is 74.4 Å². The Bertz CT molecular complexity index is 2550. The predicted molar refractivity (Wildman–Crippen MR) is 272 cm³/mol. The van der Waals surface area contributed by atoms with Gasteiger partial charge in [0, 0.05) is 71.0 Å². The number of benzene rings is 4. The van der Waals surface area contributed by atoms with Crippen LogP contribution in [0.15, 0.2) is 109 Å². The summed E-state index contributed by atoms with van der Waals surface area (Å²) in [5.74, 6) is 0.00693. The second kappa shape index (κ2) is 23.5. The fraction of sp³-hybridized carbons (Fsp3) is 0.389. The number of aliphatic hydroxyl groups excluding tert-OH is 1. The van der Waals surface area contributed by atoms with Gasteiger partial charge in [0.25, 0.3) is 0 Å². The number of alkyl halides is 1. The molecule has 7 rings (SSSR count). The largest absolute Gasteiger partial charge is 0.508 e. The van der Waals surface area contributed by atoms with E-state index in [4.69, 9.17) is 16.3 Å². The number of phenolic OH excluding ortho intramolecular Hbond substituents is 1. The number of carbonyl (C=O) groups excluding carboxylic acids is 4.